The van der Waals surface area contributed by atoms with Crippen molar-refractivity contribution in [1.29, 1.82) is 0 Å². The maximum absolute atomic E-state index is 12.6. The van der Waals surface area contributed by atoms with E-state index in [1.165, 1.54) is 0 Å². The van der Waals surface area contributed by atoms with E-state index < -0.39 is 0 Å². The summed E-state index contributed by atoms with van der Waals surface area (Å²) < 4.78 is 0. The summed E-state index contributed by atoms with van der Waals surface area (Å²) in [5, 5.41) is 3.18. The molecule has 2 atom stereocenters. The minimum absolute atomic E-state index is 0.0382. The van der Waals surface area contributed by atoms with E-state index in [9.17, 15) is 9.59 Å². The second kappa shape index (κ2) is 7.52. The molecule has 2 aliphatic rings. The summed E-state index contributed by atoms with van der Waals surface area (Å²) in [6.45, 7) is 7.18. The molecular weight excluding hydrogens is 284 g/mol. The zero-order chi connectivity index (χ0) is 15.4. The molecule has 1 N–H and O–H groups in total. The van der Waals surface area contributed by atoms with E-state index in [-0.39, 0.29) is 29.1 Å². The highest BCUT2D eigenvalue weighted by Gasteiger charge is 2.45. The number of thioether (sulfide) groups is 1. The number of nitrogens with zero attached hydrogens (tertiary/aromatic N) is 1. The first-order chi connectivity index (χ1) is 10.0. The van der Waals surface area contributed by atoms with Gasteiger partial charge < -0.3 is 10.2 Å². The minimum Gasteiger partial charge on any atom is -0.354 e. The number of carbonyl (C=O) groups is 2. The maximum Gasteiger partial charge on any atom is 0.243 e. The smallest absolute Gasteiger partial charge is 0.243 e. The fourth-order valence-electron chi connectivity index (χ4n) is 2.69. The Labute approximate surface area is 132 Å². The van der Waals surface area contributed by atoms with Gasteiger partial charge in [0.25, 0.3) is 0 Å². The molecule has 1 saturated heterocycles. The van der Waals surface area contributed by atoms with Crippen molar-refractivity contribution >= 4 is 23.6 Å². The van der Waals surface area contributed by atoms with E-state index in [4.69, 9.17) is 0 Å². The predicted octanol–water partition coefficient (Wildman–Crippen LogP) is 2.63. The van der Waals surface area contributed by atoms with Crippen molar-refractivity contribution in [3.63, 3.8) is 0 Å². The lowest BCUT2D eigenvalue weighted by atomic mass is 10.1. The highest BCUT2D eigenvalue weighted by Crippen LogP contribution is 2.39. The number of unbranched alkanes of at least 4 members (excludes halogenated alkanes) is 1. The van der Waals surface area contributed by atoms with Crippen molar-refractivity contribution in [1.82, 2.24) is 10.2 Å². The van der Waals surface area contributed by atoms with Crippen LogP contribution in [0, 0.1) is 11.8 Å². The molecule has 1 aliphatic carbocycles. The Morgan fingerprint density at radius 3 is 2.62 bits per heavy atom. The first-order valence-corrected chi connectivity index (χ1v) is 9.31. The van der Waals surface area contributed by atoms with Crippen molar-refractivity contribution in [2.45, 2.75) is 64.3 Å². The monoisotopic (exact) mass is 312 g/mol. The van der Waals surface area contributed by atoms with E-state index in [0.29, 0.717) is 5.92 Å². The van der Waals surface area contributed by atoms with Crippen LogP contribution in [0.2, 0.25) is 0 Å². The van der Waals surface area contributed by atoms with E-state index in [0.717, 1.165) is 44.4 Å². The van der Waals surface area contributed by atoms with Crippen LogP contribution in [0.15, 0.2) is 0 Å². The van der Waals surface area contributed by atoms with Gasteiger partial charge in [-0.2, -0.15) is 0 Å². The van der Waals surface area contributed by atoms with Gasteiger partial charge in [-0.05, 0) is 31.6 Å². The Bertz CT molecular complexity index is 382. The number of rotatable bonds is 7. The normalized spacial score (nSPS) is 25.4. The van der Waals surface area contributed by atoms with E-state index in [1.807, 2.05) is 4.90 Å². The van der Waals surface area contributed by atoms with Crippen molar-refractivity contribution in [3.05, 3.63) is 0 Å². The Morgan fingerprint density at radius 1 is 1.33 bits per heavy atom. The molecule has 0 aromatic carbocycles. The summed E-state index contributed by atoms with van der Waals surface area (Å²) in [4.78, 5) is 26.9. The minimum atomic E-state index is -0.260. The van der Waals surface area contributed by atoms with Gasteiger partial charge >= 0.3 is 0 Å². The summed E-state index contributed by atoms with van der Waals surface area (Å²) in [6, 6.07) is -0.260. The fraction of sp³-hybridized carbons (Fsp3) is 0.875. The fourth-order valence-corrected chi connectivity index (χ4v) is 4.34. The third-order valence-corrected chi connectivity index (χ3v) is 5.39. The molecule has 0 radical (unpaired) electrons. The molecule has 0 bridgehead atoms. The SMILES string of the molecule is CCCCNC(=O)C1CSC(CC(C)C)N1C(=O)C1CC1. The van der Waals surface area contributed by atoms with Crippen LogP contribution in [0.1, 0.15) is 52.9 Å². The van der Waals surface area contributed by atoms with Crippen LogP contribution in [0.4, 0.5) is 0 Å². The zero-order valence-corrected chi connectivity index (χ0v) is 14.2. The van der Waals surface area contributed by atoms with Crippen LogP contribution in [0.25, 0.3) is 0 Å². The van der Waals surface area contributed by atoms with Gasteiger partial charge in [0.15, 0.2) is 0 Å². The van der Waals surface area contributed by atoms with Gasteiger partial charge in [0.05, 0.1) is 5.37 Å². The summed E-state index contributed by atoms with van der Waals surface area (Å²) in [5.41, 5.74) is 0. The van der Waals surface area contributed by atoms with Gasteiger partial charge in [-0.1, -0.05) is 27.2 Å². The maximum atomic E-state index is 12.6. The standard InChI is InChI=1S/C16H28N2O2S/c1-4-5-8-17-15(19)13-10-21-14(9-11(2)3)18(13)16(20)12-6-7-12/h11-14H,4-10H2,1-3H3,(H,17,19). The van der Waals surface area contributed by atoms with Crippen molar-refractivity contribution in [3.8, 4) is 0 Å². The van der Waals surface area contributed by atoms with Crippen LogP contribution in [0.5, 0.6) is 0 Å². The van der Waals surface area contributed by atoms with Gasteiger partial charge in [0, 0.05) is 18.2 Å². The number of carbonyl (C=O) groups excluding carboxylic acids is 2. The van der Waals surface area contributed by atoms with Crippen LogP contribution in [-0.4, -0.2) is 40.4 Å². The molecular formula is C16H28N2O2S. The van der Waals surface area contributed by atoms with Crippen LogP contribution < -0.4 is 5.32 Å². The third-order valence-electron chi connectivity index (χ3n) is 4.08. The van der Waals surface area contributed by atoms with Gasteiger partial charge in [0.1, 0.15) is 6.04 Å². The van der Waals surface area contributed by atoms with Crippen molar-refractivity contribution in [2.75, 3.05) is 12.3 Å². The molecule has 2 unspecified atom stereocenters. The molecule has 0 aromatic rings. The number of hydrogen-bond acceptors (Lipinski definition) is 3. The molecule has 21 heavy (non-hydrogen) atoms. The van der Waals surface area contributed by atoms with Crippen molar-refractivity contribution < 1.29 is 9.59 Å². The molecule has 120 valence electrons. The molecule has 4 nitrogen and oxygen atoms in total. The first kappa shape index (κ1) is 16.7. The lowest BCUT2D eigenvalue weighted by Crippen LogP contribution is -2.50. The number of hydrogen-bond donors (Lipinski definition) is 1. The summed E-state index contributed by atoms with van der Waals surface area (Å²) in [7, 11) is 0. The van der Waals surface area contributed by atoms with Gasteiger partial charge in [-0.25, -0.2) is 0 Å². The molecule has 1 saturated carbocycles. The van der Waals surface area contributed by atoms with Gasteiger partial charge in [-0.15, -0.1) is 11.8 Å². The summed E-state index contributed by atoms with van der Waals surface area (Å²) >= 11 is 1.77. The molecule has 2 fully saturated rings. The largest absolute Gasteiger partial charge is 0.354 e. The van der Waals surface area contributed by atoms with Crippen LogP contribution in [-0.2, 0) is 9.59 Å². The number of nitrogens with one attached hydrogen (secondary N) is 1. The van der Waals surface area contributed by atoms with Gasteiger partial charge in [0.2, 0.25) is 11.8 Å². The summed E-state index contributed by atoms with van der Waals surface area (Å²) in [6.07, 6.45) is 5.04. The zero-order valence-electron chi connectivity index (χ0n) is 13.4. The van der Waals surface area contributed by atoms with Crippen LogP contribution in [0.3, 0.4) is 0 Å². The van der Waals surface area contributed by atoms with E-state index >= 15 is 0 Å². The lowest BCUT2D eigenvalue weighted by molar-refractivity contribution is -0.141. The molecule has 5 heteroatoms. The third kappa shape index (κ3) is 4.38. The van der Waals surface area contributed by atoms with Crippen LogP contribution >= 0.6 is 11.8 Å². The highest BCUT2D eigenvalue weighted by molar-refractivity contribution is 8.00. The van der Waals surface area contributed by atoms with Gasteiger partial charge in [-0.3, -0.25) is 9.59 Å². The predicted molar refractivity (Wildman–Crippen MR) is 87.0 cm³/mol. The molecule has 1 aliphatic heterocycles. The molecule has 0 spiro atoms. The highest BCUT2D eigenvalue weighted by atomic mass is 32.2. The lowest BCUT2D eigenvalue weighted by Gasteiger charge is -2.30. The van der Waals surface area contributed by atoms with E-state index in [1.54, 1.807) is 11.8 Å². The second-order valence-electron chi connectivity index (χ2n) is 6.60. The molecule has 2 amide bonds. The Kier molecular flexibility index (Phi) is 5.97. The molecule has 1 heterocycles. The average molecular weight is 312 g/mol. The Balaban J connectivity index is 2.00. The number of amides is 2. The average Bonchev–Trinajstić information content (AvgIpc) is 3.19. The van der Waals surface area contributed by atoms with E-state index in [2.05, 4.69) is 26.1 Å². The topological polar surface area (TPSA) is 49.4 Å². The second-order valence-corrected chi connectivity index (χ2v) is 7.81. The summed E-state index contributed by atoms with van der Waals surface area (Å²) in [5.74, 6) is 1.72. The molecule has 2 rings (SSSR count). The van der Waals surface area contributed by atoms with Crippen molar-refractivity contribution in [2.24, 2.45) is 11.8 Å². The Morgan fingerprint density at radius 2 is 2.05 bits per heavy atom. The first-order valence-electron chi connectivity index (χ1n) is 8.26. The molecule has 0 aromatic heterocycles. The Hall–Kier alpha value is -0.710. The quantitative estimate of drug-likeness (QED) is 0.735.